The number of hydrogen-bond acceptors (Lipinski definition) is 6. The Kier molecular flexibility index (Phi) is 5.89. The number of carboxylic acid groups (broad SMARTS) is 1. The average Bonchev–Trinajstić information content (AvgIpc) is 3.08. The van der Waals surface area contributed by atoms with Gasteiger partial charge in [0.15, 0.2) is 0 Å². The molecular weight excluding hydrogens is 416 g/mol. The van der Waals surface area contributed by atoms with E-state index in [1.54, 1.807) is 12.1 Å². The minimum Gasteiger partial charge on any atom is -0.478 e. The van der Waals surface area contributed by atoms with Crippen molar-refractivity contribution in [2.24, 2.45) is 4.40 Å². The maximum Gasteiger partial charge on any atom is 0.335 e. The lowest BCUT2D eigenvalue weighted by Crippen LogP contribution is -2.26. The Morgan fingerprint density at radius 1 is 1.14 bits per heavy atom. The minimum absolute atomic E-state index is 0.0472. The first-order chi connectivity index (χ1) is 13.7. The fourth-order valence-electron chi connectivity index (χ4n) is 2.31. The zero-order valence-electron chi connectivity index (χ0n) is 15.1. The quantitative estimate of drug-likeness (QED) is 0.611. The van der Waals surface area contributed by atoms with Crippen molar-refractivity contribution >= 4 is 38.9 Å². The van der Waals surface area contributed by atoms with Crippen molar-refractivity contribution in [2.75, 3.05) is 5.32 Å². The molecule has 0 bridgehead atoms. The van der Waals surface area contributed by atoms with Crippen LogP contribution in [0.2, 0.25) is 0 Å². The summed E-state index contributed by atoms with van der Waals surface area (Å²) in [5.41, 5.74) is 2.81. The highest BCUT2D eigenvalue weighted by Crippen LogP contribution is 2.13. The third kappa shape index (κ3) is 5.15. The van der Waals surface area contributed by atoms with E-state index in [-0.39, 0.29) is 21.8 Å². The van der Waals surface area contributed by atoms with E-state index in [0.29, 0.717) is 5.69 Å². The molecule has 0 unspecified atom stereocenters. The summed E-state index contributed by atoms with van der Waals surface area (Å²) < 4.78 is 29.9. The number of aryl methyl sites for hydroxylation is 1. The van der Waals surface area contributed by atoms with Crippen LogP contribution in [0.5, 0.6) is 0 Å². The van der Waals surface area contributed by atoms with E-state index in [1.165, 1.54) is 46.6 Å². The summed E-state index contributed by atoms with van der Waals surface area (Å²) >= 11 is 0.988. The first-order valence-electron chi connectivity index (χ1n) is 8.26. The Morgan fingerprint density at radius 3 is 2.41 bits per heavy atom. The zero-order chi connectivity index (χ0) is 21.0. The van der Waals surface area contributed by atoms with Crippen LogP contribution in [0.3, 0.4) is 0 Å². The second-order valence-corrected chi connectivity index (χ2v) is 8.40. The molecule has 0 aliphatic carbocycles. The highest BCUT2D eigenvalue weighted by Gasteiger charge is 2.14. The first-order valence-corrected chi connectivity index (χ1v) is 10.6. The number of rotatable bonds is 6. The minimum atomic E-state index is -3.94. The van der Waals surface area contributed by atoms with Gasteiger partial charge in [-0.25, -0.2) is 9.48 Å². The Balaban J connectivity index is 1.77. The summed E-state index contributed by atoms with van der Waals surface area (Å²) in [6.07, 6.45) is 0. The molecule has 1 aromatic heterocycles. The van der Waals surface area contributed by atoms with Crippen LogP contribution in [0.1, 0.15) is 15.9 Å². The van der Waals surface area contributed by atoms with E-state index in [2.05, 4.69) is 14.8 Å². The van der Waals surface area contributed by atoms with E-state index < -0.39 is 21.9 Å². The highest BCUT2D eigenvalue weighted by atomic mass is 32.2. The average molecular weight is 432 g/mol. The summed E-state index contributed by atoms with van der Waals surface area (Å²) in [4.78, 5) is 23.2. The van der Waals surface area contributed by atoms with Crippen molar-refractivity contribution in [1.29, 1.82) is 0 Å². The molecule has 1 amide bonds. The molecule has 29 heavy (non-hydrogen) atoms. The summed E-state index contributed by atoms with van der Waals surface area (Å²) in [7, 11) is -3.94. The van der Waals surface area contributed by atoms with Gasteiger partial charge in [-0.1, -0.05) is 29.0 Å². The second kappa shape index (κ2) is 8.37. The van der Waals surface area contributed by atoms with Gasteiger partial charge in [0.1, 0.15) is 12.1 Å². The van der Waals surface area contributed by atoms with Gasteiger partial charge in [-0.15, -0.1) is 4.40 Å². The molecule has 0 saturated carbocycles. The number of hydrogen-bond donors (Lipinski definition) is 2. The Morgan fingerprint density at radius 2 is 1.79 bits per heavy atom. The predicted molar refractivity (Wildman–Crippen MR) is 106 cm³/mol. The Hall–Kier alpha value is -3.31. The molecule has 0 fully saturated rings. The van der Waals surface area contributed by atoms with Crippen LogP contribution in [0, 0.1) is 6.92 Å². The summed E-state index contributed by atoms with van der Waals surface area (Å²) in [5.74, 6) is -1.53. The zero-order valence-corrected chi connectivity index (χ0v) is 16.8. The summed E-state index contributed by atoms with van der Waals surface area (Å²) in [6, 6.07) is 11.9. The van der Waals surface area contributed by atoms with Crippen LogP contribution < -0.4 is 10.1 Å². The molecule has 3 aromatic rings. The van der Waals surface area contributed by atoms with E-state index in [4.69, 9.17) is 5.11 Å². The molecule has 2 N–H and O–H groups in total. The van der Waals surface area contributed by atoms with Crippen molar-refractivity contribution < 1.29 is 23.1 Å². The first kappa shape index (κ1) is 20.4. The standard InChI is InChI=1S/C18H16N4O5S2/c1-12-2-8-15(9-3-12)29(26,27)21-18-22(19-11-28-18)10-16(23)20-14-6-4-13(5-7-14)17(24)25/h2-9,11H,10H2,1H3,(H,20,23)(H,24,25)/b21-18-. The molecule has 0 aliphatic rings. The monoisotopic (exact) mass is 432 g/mol. The number of aromatic carboxylic acids is 1. The Bertz CT molecular complexity index is 1210. The molecule has 0 atom stereocenters. The van der Waals surface area contributed by atoms with Crippen LogP contribution in [-0.4, -0.2) is 35.2 Å². The molecule has 0 saturated heterocycles. The second-order valence-electron chi connectivity index (χ2n) is 5.99. The van der Waals surface area contributed by atoms with Gasteiger partial charge in [-0.2, -0.15) is 13.5 Å². The van der Waals surface area contributed by atoms with E-state index in [9.17, 15) is 18.0 Å². The number of carbonyl (C=O) groups is 2. The van der Waals surface area contributed by atoms with Gasteiger partial charge in [-0.05, 0) is 43.3 Å². The van der Waals surface area contributed by atoms with Gasteiger partial charge in [-0.3, -0.25) is 4.79 Å². The van der Waals surface area contributed by atoms with Gasteiger partial charge in [0.2, 0.25) is 10.7 Å². The van der Waals surface area contributed by atoms with Crippen LogP contribution >= 0.6 is 11.3 Å². The van der Waals surface area contributed by atoms with Crippen LogP contribution in [0.15, 0.2) is 63.3 Å². The molecule has 9 nitrogen and oxygen atoms in total. The van der Waals surface area contributed by atoms with Crippen molar-refractivity contribution in [2.45, 2.75) is 18.4 Å². The molecule has 0 spiro atoms. The maximum atomic E-state index is 12.5. The predicted octanol–water partition coefficient (Wildman–Crippen LogP) is 1.88. The number of sulfonamides is 1. The van der Waals surface area contributed by atoms with Crippen molar-refractivity contribution in [3.05, 3.63) is 70.0 Å². The molecule has 11 heteroatoms. The molecule has 2 aromatic carbocycles. The van der Waals surface area contributed by atoms with Crippen LogP contribution in [-0.2, 0) is 21.4 Å². The summed E-state index contributed by atoms with van der Waals surface area (Å²) in [5, 5.41) is 15.5. The normalized spacial score (nSPS) is 12.0. The van der Waals surface area contributed by atoms with E-state index >= 15 is 0 Å². The number of carbonyl (C=O) groups excluding carboxylic acids is 1. The number of aromatic nitrogens is 2. The lowest BCUT2D eigenvalue weighted by Gasteiger charge is -2.06. The van der Waals surface area contributed by atoms with E-state index in [1.807, 2.05) is 6.92 Å². The topological polar surface area (TPSA) is 131 Å². The third-order valence-electron chi connectivity index (χ3n) is 3.79. The molecule has 0 aliphatic heterocycles. The smallest absolute Gasteiger partial charge is 0.335 e. The SMILES string of the molecule is Cc1ccc(S(=O)(=O)/N=c2\scnn2CC(=O)Nc2ccc(C(=O)O)cc2)cc1. The number of nitrogens with zero attached hydrogens (tertiary/aromatic N) is 3. The van der Waals surface area contributed by atoms with Gasteiger partial charge in [0.25, 0.3) is 10.0 Å². The number of nitrogens with one attached hydrogen (secondary N) is 1. The van der Waals surface area contributed by atoms with Gasteiger partial charge < -0.3 is 10.4 Å². The van der Waals surface area contributed by atoms with Gasteiger partial charge >= 0.3 is 5.97 Å². The lowest BCUT2D eigenvalue weighted by molar-refractivity contribution is -0.117. The fourth-order valence-corrected chi connectivity index (χ4v) is 4.15. The lowest BCUT2D eigenvalue weighted by atomic mass is 10.2. The Labute approximate surface area is 170 Å². The van der Waals surface area contributed by atoms with Crippen LogP contribution in [0.4, 0.5) is 5.69 Å². The molecule has 1 heterocycles. The fraction of sp³-hybridized carbons (Fsp3) is 0.111. The molecule has 3 rings (SSSR count). The van der Waals surface area contributed by atoms with E-state index in [0.717, 1.165) is 16.9 Å². The van der Waals surface area contributed by atoms with Gasteiger partial charge in [0.05, 0.1) is 10.5 Å². The molecular formula is C18H16N4O5S2. The highest BCUT2D eigenvalue weighted by molar-refractivity contribution is 7.90. The van der Waals surface area contributed by atoms with Crippen molar-refractivity contribution in [3.63, 3.8) is 0 Å². The van der Waals surface area contributed by atoms with Crippen molar-refractivity contribution in [1.82, 2.24) is 9.78 Å². The number of anilines is 1. The molecule has 150 valence electrons. The maximum absolute atomic E-state index is 12.5. The number of amides is 1. The summed E-state index contributed by atoms with van der Waals surface area (Å²) in [6.45, 7) is 1.59. The van der Waals surface area contributed by atoms with Crippen LogP contribution in [0.25, 0.3) is 0 Å². The van der Waals surface area contributed by atoms with Gasteiger partial charge in [0, 0.05) is 5.69 Å². The molecule has 0 radical (unpaired) electrons. The largest absolute Gasteiger partial charge is 0.478 e. The number of carboxylic acids is 1. The van der Waals surface area contributed by atoms with Crippen molar-refractivity contribution in [3.8, 4) is 0 Å². The third-order valence-corrected chi connectivity index (χ3v) is 5.90. The number of benzene rings is 2.